The Morgan fingerprint density at radius 2 is 1.85 bits per heavy atom. The first-order valence-electron chi connectivity index (χ1n) is 8.62. The van der Waals surface area contributed by atoms with Crippen molar-refractivity contribution in [1.29, 1.82) is 0 Å². The van der Waals surface area contributed by atoms with E-state index in [0.29, 0.717) is 40.4 Å². The molecular formula is C20H24Cl2N2O3. The van der Waals surface area contributed by atoms with Crippen LogP contribution < -0.4 is 14.8 Å². The molecule has 1 atom stereocenters. The van der Waals surface area contributed by atoms with Gasteiger partial charge in [0.1, 0.15) is 0 Å². The minimum absolute atomic E-state index is 0.189. The van der Waals surface area contributed by atoms with Gasteiger partial charge in [0.2, 0.25) is 5.91 Å². The van der Waals surface area contributed by atoms with Gasteiger partial charge in [-0.25, -0.2) is 0 Å². The molecule has 0 bridgehead atoms. The highest BCUT2D eigenvalue weighted by atomic mass is 35.5. The van der Waals surface area contributed by atoms with E-state index in [1.165, 1.54) is 0 Å². The van der Waals surface area contributed by atoms with Crippen LogP contribution in [-0.4, -0.2) is 37.6 Å². The molecule has 146 valence electrons. The topological polar surface area (TPSA) is 50.8 Å². The van der Waals surface area contributed by atoms with Crippen LogP contribution in [0.4, 0.5) is 5.69 Å². The first kappa shape index (κ1) is 21.4. The number of hydrogen-bond acceptors (Lipinski definition) is 4. The van der Waals surface area contributed by atoms with E-state index >= 15 is 0 Å². The van der Waals surface area contributed by atoms with E-state index in [1.54, 1.807) is 25.3 Å². The Morgan fingerprint density at radius 1 is 1.19 bits per heavy atom. The van der Waals surface area contributed by atoms with Crippen LogP contribution in [0.15, 0.2) is 36.4 Å². The average molecular weight is 411 g/mol. The number of carbonyl (C=O) groups is 1. The summed E-state index contributed by atoms with van der Waals surface area (Å²) in [6.07, 6.45) is 0. The van der Waals surface area contributed by atoms with Gasteiger partial charge in [-0.1, -0.05) is 35.3 Å². The minimum Gasteiger partial charge on any atom is -0.493 e. The molecule has 0 unspecified atom stereocenters. The molecule has 27 heavy (non-hydrogen) atoms. The lowest BCUT2D eigenvalue weighted by Crippen LogP contribution is -2.39. The molecule has 2 aromatic rings. The Morgan fingerprint density at radius 3 is 2.44 bits per heavy atom. The average Bonchev–Trinajstić information content (AvgIpc) is 2.65. The maximum atomic E-state index is 12.6. The zero-order valence-corrected chi connectivity index (χ0v) is 17.4. The maximum Gasteiger partial charge on any atom is 0.241 e. The molecule has 0 fully saturated rings. The van der Waals surface area contributed by atoms with E-state index in [0.717, 1.165) is 5.56 Å². The van der Waals surface area contributed by atoms with Crippen molar-refractivity contribution in [2.45, 2.75) is 26.4 Å². The van der Waals surface area contributed by atoms with Crippen LogP contribution in [0.3, 0.4) is 0 Å². The molecule has 0 heterocycles. The van der Waals surface area contributed by atoms with E-state index in [4.69, 9.17) is 32.7 Å². The summed E-state index contributed by atoms with van der Waals surface area (Å²) in [5, 5.41) is 3.61. The SMILES string of the molecule is CCOc1ccc(CN(C)[C@@H](C)C(=O)Nc2c(Cl)cccc2Cl)cc1OC. The normalized spacial score (nSPS) is 12.0. The van der Waals surface area contributed by atoms with Crippen LogP contribution in [-0.2, 0) is 11.3 Å². The van der Waals surface area contributed by atoms with Gasteiger partial charge in [-0.15, -0.1) is 0 Å². The van der Waals surface area contributed by atoms with Gasteiger partial charge in [0.05, 0.1) is 35.5 Å². The van der Waals surface area contributed by atoms with Crippen LogP contribution in [0, 0.1) is 0 Å². The molecule has 0 aliphatic rings. The van der Waals surface area contributed by atoms with Crippen molar-refractivity contribution in [2.75, 3.05) is 26.1 Å². The Hall–Kier alpha value is -1.95. The summed E-state index contributed by atoms with van der Waals surface area (Å²) in [4.78, 5) is 14.5. The fraction of sp³-hybridized carbons (Fsp3) is 0.350. The van der Waals surface area contributed by atoms with Crippen molar-refractivity contribution >= 4 is 34.8 Å². The van der Waals surface area contributed by atoms with E-state index < -0.39 is 6.04 Å². The van der Waals surface area contributed by atoms with E-state index in [2.05, 4.69) is 5.32 Å². The highest BCUT2D eigenvalue weighted by molar-refractivity contribution is 6.39. The number of methoxy groups -OCH3 is 1. The van der Waals surface area contributed by atoms with Crippen molar-refractivity contribution in [3.05, 3.63) is 52.0 Å². The molecule has 5 nitrogen and oxygen atoms in total. The molecule has 2 aromatic carbocycles. The highest BCUT2D eigenvalue weighted by Crippen LogP contribution is 2.31. The number of para-hydroxylation sites is 1. The number of carbonyl (C=O) groups excluding carboxylic acids is 1. The van der Waals surface area contributed by atoms with E-state index in [-0.39, 0.29) is 5.91 Å². The van der Waals surface area contributed by atoms with Crippen LogP contribution >= 0.6 is 23.2 Å². The molecule has 7 heteroatoms. The largest absolute Gasteiger partial charge is 0.493 e. The third kappa shape index (κ3) is 5.51. The van der Waals surface area contributed by atoms with Crippen LogP contribution in [0.5, 0.6) is 11.5 Å². The lowest BCUT2D eigenvalue weighted by atomic mass is 10.1. The predicted molar refractivity (Wildman–Crippen MR) is 110 cm³/mol. The number of nitrogens with one attached hydrogen (secondary N) is 1. The number of halogens is 2. The molecule has 0 spiro atoms. The van der Waals surface area contributed by atoms with Gasteiger partial charge < -0.3 is 14.8 Å². The number of hydrogen-bond donors (Lipinski definition) is 1. The van der Waals surface area contributed by atoms with E-state index in [9.17, 15) is 4.79 Å². The first-order chi connectivity index (χ1) is 12.9. The molecule has 0 saturated carbocycles. The summed E-state index contributed by atoms with van der Waals surface area (Å²) in [5.41, 5.74) is 1.43. The van der Waals surface area contributed by atoms with Gasteiger partial charge in [-0.3, -0.25) is 9.69 Å². The van der Waals surface area contributed by atoms with Crippen LogP contribution in [0.25, 0.3) is 0 Å². The Balaban J connectivity index is 2.06. The van der Waals surface area contributed by atoms with E-state index in [1.807, 2.05) is 44.0 Å². The second kappa shape index (κ2) is 9.83. The van der Waals surface area contributed by atoms with Gasteiger partial charge in [0.25, 0.3) is 0 Å². The number of amides is 1. The lowest BCUT2D eigenvalue weighted by molar-refractivity contribution is -0.120. The van der Waals surface area contributed by atoms with Crippen molar-refractivity contribution in [3.8, 4) is 11.5 Å². The molecule has 0 radical (unpaired) electrons. The number of anilines is 1. The summed E-state index contributed by atoms with van der Waals surface area (Å²) in [6.45, 7) is 4.88. The lowest BCUT2D eigenvalue weighted by Gasteiger charge is -2.24. The quantitative estimate of drug-likeness (QED) is 0.674. The van der Waals surface area contributed by atoms with Crippen molar-refractivity contribution < 1.29 is 14.3 Å². The molecule has 0 aliphatic heterocycles. The molecule has 0 aliphatic carbocycles. The van der Waals surface area contributed by atoms with Gasteiger partial charge >= 0.3 is 0 Å². The number of nitrogens with zero attached hydrogens (tertiary/aromatic N) is 1. The van der Waals surface area contributed by atoms with Crippen molar-refractivity contribution in [1.82, 2.24) is 4.90 Å². The predicted octanol–water partition coefficient (Wildman–Crippen LogP) is 4.86. The fourth-order valence-corrected chi connectivity index (χ4v) is 3.05. The third-order valence-electron chi connectivity index (χ3n) is 4.21. The number of ether oxygens (including phenoxy) is 2. The molecule has 2 rings (SSSR count). The van der Waals surface area contributed by atoms with Gasteiger partial charge in [0.15, 0.2) is 11.5 Å². The summed E-state index contributed by atoms with van der Waals surface area (Å²) in [5.74, 6) is 1.18. The smallest absolute Gasteiger partial charge is 0.241 e. The maximum absolute atomic E-state index is 12.6. The third-order valence-corrected chi connectivity index (χ3v) is 4.84. The second-order valence-electron chi connectivity index (χ2n) is 6.10. The Labute approximate surface area is 170 Å². The Bertz CT molecular complexity index is 779. The highest BCUT2D eigenvalue weighted by Gasteiger charge is 2.20. The van der Waals surface area contributed by atoms with Gasteiger partial charge in [-0.2, -0.15) is 0 Å². The number of benzene rings is 2. The summed E-state index contributed by atoms with van der Waals surface area (Å²) >= 11 is 12.2. The van der Waals surface area contributed by atoms with Crippen molar-refractivity contribution in [2.24, 2.45) is 0 Å². The molecule has 1 amide bonds. The minimum atomic E-state index is -0.394. The number of likely N-dealkylation sites (N-methyl/N-ethyl adjacent to an activating group) is 1. The van der Waals surface area contributed by atoms with Crippen LogP contribution in [0.2, 0.25) is 10.0 Å². The second-order valence-corrected chi connectivity index (χ2v) is 6.91. The summed E-state index contributed by atoms with van der Waals surface area (Å²) in [7, 11) is 3.48. The first-order valence-corrected chi connectivity index (χ1v) is 9.37. The van der Waals surface area contributed by atoms with Gasteiger partial charge in [-0.05, 0) is 50.7 Å². The molecule has 0 saturated heterocycles. The summed E-state index contributed by atoms with van der Waals surface area (Å²) < 4.78 is 10.9. The molecule has 0 aromatic heterocycles. The Kier molecular flexibility index (Phi) is 7.78. The fourth-order valence-electron chi connectivity index (χ4n) is 2.56. The van der Waals surface area contributed by atoms with Gasteiger partial charge in [0, 0.05) is 6.54 Å². The monoisotopic (exact) mass is 410 g/mol. The molecular weight excluding hydrogens is 387 g/mol. The zero-order valence-electron chi connectivity index (χ0n) is 15.9. The molecule has 1 N–H and O–H groups in total. The standard InChI is InChI=1S/C20H24Cl2N2O3/c1-5-27-17-10-9-14(11-18(17)26-4)12-24(3)13(2)20(25)23-19-15(21)7-6-8-16(19)22/h6-11,13H,5,12H2,1-4H3,(H,23,25)/t13-/m0/s1. The number of rotatable bonds is 8. The van der Waals surface area contributed by atoms with Crippen LogP contribution in [0.1, 0.15) is 19.4 Å². The zero-order chi connectivity index (χ0) is 20.0. The van der Waals surface area contributed by atoms with Crippen molar-refractivity contribution in [3.63, 3.8) is 0 Å². The summed E-state index contributed by atoms with van der Waals surface area (Å²) in [6, 6.07) is 10.5.